The molecule has 0 aromatic rings. The van der Waals surface area contributed by atoms with E-state index in [0.29, 0.717) is 0 Å². The van der Waals surface area contributed by atoms with Gasteiger partial charge in [-0.25, -0.2) is 0 Å². The van der Waals surface area contributed by atoms with E-state index in [1.165, 1.54) is 18.4 Å². The highest BCUT2D eigenvalue weighted by molar-refractivity contribution is 5.22. The molecule has 0 saturated heterocycles. The molecule has 0 heterocycles. The second-order valence-corrected chi connectivity index (χ2v) is 3.27. The SMILES string of the molecule is C=C/C=C(\C=C)CN(C)CCCC. The Morgan fingerprint density at radius 3 is 2.54 bits per heavy atom. The van der Waals surface area contributed by atoms with E-state index in [1.54, 1.807) is 0 Å². The van der Waals surface area contributed by atoms with Crippen LogP contribution in [0.15, 0.2) is 37.0 Å². The average Bonchev–Trinajstić information content (AvgIpc) is 2.14. The van der Waals surface area contributed by atoms with Gasteiger partial charge >= 0.3 is 0 Å². The quantitative estimate of drug-likeness (QED) is 0.543. The monoisotopic (exact) mass is 179 g/mol. The van der Waals surface area contributed by atoms with Crippen molar-refractivity contribution in [2.24, 2.45) is 0 Å². The summed E-state index contributed by atoms with van der Waals surface area (Å²) in [5, 5.41) is 0. The van der Waals surface area contributed by atoms with Crippen molar-refractivity contribution in [2.45, 2.75) is 19.8 Å². The first kappa shape index (κ1) is 12.2. The molecule has 1 nitrogen and oxygen atoms in total. The summed E-state index contributed by atoms with van der Waals surface area (Å²) in [5.74, 6) is 0. The fourth-order valence-electron chi connectivity index (χ4n) is 1.16. The van der Waals surface area contributed by atoms with Crippen molar-refractivity contribution in [3.05, 3.63) is 37.0 Å². The van der Waals surface area contributed by atoms with Gasteiger partial charge in [0, 0.05) is 6.54 Å². The van der Waals surface area contributed by atoms with E-state index in [9.17, 15) is 0 Å². The first-order valence-corrected chi connectivity index (χ1v) is 4.87. The number of hydrogen-bond donors (Lipinski definition) is 0. The molecule has 0 aromatic carbocycles. The van der Waals surface area contributed by atoms with Gasteiger partial charge in [0.2, 0.25) is 0 Å². The van der Waals surface area contributed by atoms with Crippen LogP contribution in [0.25, 0.3) is 0 Å². The van der Waals surface area contributed by atoms with Crippen LogP contribution in [0.2, 0.25) is 0 Å². The number of rotatable bonds is 7. The van der Waals surface area contributed by atoms with Crippen LogP contribution in [-0.2, 0) is 0 Å². The largest absolute Gasteiger partial charge is 0.302 e. The predicted molar refractivity (Wildman–Crippen MR) is 60.9 cm³/mol. The summed E-state index contributed by atoms with van der Waals surface area (Å²) in [5.41, 5.74) is 1.23. The minimum atomic E-state index is 0.968. The van der Waals surface area contributed by atoms with Gasteiger partial charge in [0.1, 0.15) is 0 Å². The smallest absolute Gasteiger partial charge is 0.0230 e. The van der Waals surface area contributed by atoms with Gasteiger partial charge < -0.3 is 4.90 Å². The molecule has 0 unspecified atom stereocenters. The zero-order valence-electron chi connectivity index (χ0n) is 8.92. The van der Waals surface area contributed by atoms with E-state index < -0.39 is 0 Å². The van der Waals surface area contributed by atoms with Crippen molar-refractivity contribution >= 4 is 0 Å². The standard InChI is InChI=1S/C12H21N/c1-5-8-10-13(4)11-12(7-3)9-6-2/h6-7,9H,2-3,5,8,10-11H2,1,4H3/b12-9+. The van der Waals surface area contributed by atoms with E-state index >= 15 is 0 Å². The van der Waals surface area contributed by atoms with Gasteiger partial charge in [0.25, 0.3) is 0 Å². The molecule has 0 amide bonds. The molecule has 0 bridgehead atoms. The third kappa shape index (κ3) is 6.35. The Labute approximate surface area is 82.4 Å². The minimum Gasteiger partial charge on any atom is -0.302 e. The van der Waals surface area contributed by atoms with E-state index in [0.717, 1.165) is 13.1 Å². The van der Waals surface area contributed by atoms with Crippen molar-refractivity contribution in [1.29, 1.82) is 0 Å². The first-order chi connectivity index (χ1) is 6.24. The van der Waals surface area contributed by atoms with Crippen LogP contribution < -0.4 is 0 Å². The Morgan fingerprint density at radius 2 is 2.08 bits per heavy atom. The average molecular weight is 179 g/mol. The molecule has 0 fully saturated rings. The van der Waals surface area contributed by atoms with Gasteiger partial charge in [-0.2, -0.15) is 0 Å². The lowest BCUT2D eigenvalue weighted by molar-refractivity contribution is 0.357. The molecular weight excluding hydrogens is 158 g/mol. The Morgan fingerprint density at radius 1 is 1.38 bits per heavy atom. The second kappa shape index (κ2) is 7.81. The molecule has 74 valence electrons. The molecule has 0 radical (unpaired) electrons. The van der Waals surface area contributed by atoms with Gasteiger partial charge in [-0.1, -0.05) is 44.7 Å². The van der Waals surface area contributed by atoms with Crippen molar-refractivity contribution in [1.82, 2.24) is 4.90 Å². The second-order valence-electron chi connectivity index (χ2n) is 3.27. The summed E-state index contributed by atoms with van der Waals surface area (Å²) in [4.78, 5) is 2.31. The lowest BCUT2D eigenvalue weighted by Crippen LogP contribution is -2.21. The molecule has 1 heteroatoms. The Kier molecular flexibility index (Phi) is 7.32. The maximum absolute atomic E-state index is 3.77. The molecule has 0 N–H and O–H groups in total. The van der Waals surface area contributed by atoms with Crippen molar-refractivity contribution in [2.75, 3.05) is 20.1 Å². The van der Waals surface area contributed by atoms with Crippen LogP contribution in [0.4, 0.5) is 0 Å². The molecule has 0 atom stereocenters. The molecule has 0 spiro atoms. The fraction of sp³-hybridized carbons (Fsp3) is 0.500. The van der Waals surface area contributed by atoms with Gasteiger partial charge in [0.15, 0.2) is 0 Å². The molecule has 0 aliphatic carbocycles. The predicted octanol–water partition coefficient (Wildman–Crippen LogP) is 3.02. The highest BCUT2D eigenvalue weighted by atomic mass is 15.1. The molecule has 0 aromatic heterocycles. The number of unbranched alkanes of at least 4 members (excludes halogenated alkanes) is 1. The van der Waals surface area contributed by atoms with Gasteiger partial charge in [-0.05, 0) is 25.6 Å². The molecular formula is C12H21N. The minimum absolute atomic E-state index is 0.968. The highest BCUT2D eigenvalue weighted by Crippen LogP contribution is 2.00. The fourth-order valence-corrected chi connectivity index (χ4v) is 1.16. The number of nitrogens with zero attached hydrogens (tertiary/aromatic N) is 1. The Hall–Kier alpha value is -0.820. The summed E-state index contributed by atoms with van der Waals surface area (Å²) in [7, 11) is 2.14. The zero-order chi connectivity index (χ0) is 10.1. The number of likely N-dealkylation sites (N-methyl/N-ethyl adjacent to an activating group) is 1. The normalized spacial score (nSPS) is 11.8. The van der Waals surface area contributed by atoms with Gasteiger partial charge in [-0.15, -0.1) is 0 Å². The molecule has 0 rings (SSSR count). The van der Waals surface area contributed by atoms with Crippen molar-refractivity contribution in [3.63, 3.8) is 0 Å². The van der Waals surface area contributed by atoms with E-state index in [1.807, 2.05) is 18.2 Å². The zero-order valence-corrected chi connectivity index (χ0v) is 8.92. The van der Waals surface area contributed by atoms with Crippen molar-refractivity contribution in [3.8, 4) is 0 Å². The van der Waals surface area contributed by atoms with Crippen LogP contribution in [0.5, 0.6) is 0 Å². The Balaban J connectivity index is 3.86. The van der Waals surface area contributed by atoms with Crippen LogP contribution >= 0.6 is 0 Å². The summed E-state index contributed by atoms with van der Waals surface area (Å²) in [6, 6.07) is 0. The lowest BCUT2D eigenvalue weighted by atomic mass is 10.2. The van der Waals surface area contributed by atoms with E-state index in [2.05, 4.69) is 32.0 Å². The topological polar surface area (TPSA) is 3.24 Å². The summed E-state index contributed by atoms with van der Waals surface area (Å²) in [6.45, 7) is 11.8. The first-order valence-electron chi connectivity index (χ1n) is 4.87. The lowest BCUT2D eigenvalue weighted by Gasteiger charge is -2.16. The molecule has 0 saturated carbocycles. The maximum atomic E-state index is 3.77. The number of allylic oxidation sites excluding steroid dienone is 2. The summed E-state index contributed by atoms with van der Waals surface area (Å²) >= 11 is 0. The third-order valence-corrected chi connectivity index (χ3v) is 1.94. The summed E-state index contributed by atoms with van der Waals surface area (Å²) < 4.78 is 0. The summed E-state index contributed by atoms with van der Waals surface area (Å²) in [6.07, 6.45) is 8.22. The molecule has 0 aliphatic rings. The van der Waals surface area contributed by atoms with Gasteiger partial charge in [-0.3, -0.25) is 0 Å². The third-order valence-electron chi connectivity index (χ3n) is 1.94. The number of hydrogen-bond acceptors (Lipinski definition) is 1. The van der Waals surface area contributed by atoms with E-state index in [-0.39, 0.29) is 0 Å². The van der Waals surface area contributed by atoms with E-state index in [4.69, 9.17) is 0 Å². The molecule has 13 heavy (non-hydrogen) atoms. The molecule has 0 aliphatic heterocycles. The highest BCUT2D eigenvalue weighted by Gasteiger charge is 1.98. The Bertz CT molecular complexity index is 180. The van der Waals surface area contributed by atoms with Crippen LogP contribution in [-0.4, -0.2) is 25.0 Å². The van der Waals surface area contributed by atoms with Crippen LogP contribution in [0, 0.1) is 0 Å². The van der Waals surface area contributed by atoms with Crippen LogP contribution in [0.3, 0.4) is 0 Å². The van der Waals surface area contributed by atoms with Crippen LogP contribution in [0.1, 0.15) is 19.8 Å². The van der Waals surface area contributed by atoms with Crippen molar-refractivity contribution < 1.29 is 0 Å². The van der Waals surface area contributed by atoms with Gasteiger partial charge in [0.05, 0.1) is 0 Å². The maximum Gasteiger partial charge on any atom is 0.0230 e.